The predicted molar refractivity (Wildman–Crippen MR) is 204 cm³/mol. The quantitative estimate of drug-likeness (QED) is 0.156. The molecule has 0 saturated carbocycles. The fourth-order valence-electron chi connectivity index (χ4n) is 8.03. The van der Waals surface area contributed by atoms with Crippen molar-refractivity contribution < 1.29 is 23.5 Å². The van der Waals surface area contributed by atoms with Crippen molar-refractivity contribution in [2.24, 2.45) is 0 Å². The summed E-state index contributed by atoms with van der Waals surface area (Å²) in [7, 11) is 1.45. The van der Waals surface area contributed by atoms with Gasteiger partial charge in [-0.25, -0.2) is 9.78 Å². The minimum Gasteiger partial charge on any atom is -0.453 e. The zero-order valence-electron chi connectivity index (χ0n) is 31.2. The first-order chi connectivity index (χ1) is 24.8. The molecule has 10 nitrogen and oxygen atoms in total. The first-order valence-electron chi connectivity index (χ1n) is 18.3. The molecule has 2 saturated heterocycles. The molecule has 4 heterocycles. The summed E-state index contributed by atoms with van der Waals surface area (Å²) in [6.07, 6.45) is 1.93. The van der Waals surface area contributed by atoms with Crippen LogP contribution >= 0.6 is 11.6 Å². The Morgan fingerprint density at radius 3 is 2.38 bits per heavy atom. The standard InChI is InChI=1S/C41H48ClN5O5/c1-8-47-33-14-11-28(22-31(33)36(44-47)27-15-18-45(19-16-27)30-17-20-46(23-30)40(49)50-7)39-43-32-21-24(2)34(37(25(3)48)52-41(4,5)6)35(38(32)51-39)26-9-12-29(42)13-10-26/h9-14,21-22,27,30,37H,8,15-20,23H2,1-7H3/t30-,37?/m1/s1. The van der Waals surface area contributed by atoms with Crippen LogP contribution in [-0.4, -0.2) is 81.4 Å². The maximum atomic E-state index is 13.2. The molecule has 0 radical (unpaired) electrons. The van der Waals surface area contributed by atoms with Crippen LogP contribution in [-0.2, 0) is 20.8 Å². The third-order valence-corrected chi connectivity index (χ3v) is 10.8. The highest BCUT2D eigenvalue weighted by atomic mass is 35.5. The summed E-state index contributed by atoms with van der Waals surface area (Å²) in [5.74, 6) is 0.730. The van der Waals surface area contributed by atoms with Crippen molar-refractivity contribution in [2.45, 2.75) is 91.0 Å². The number of ketones is 1. The highest BCUT2D eigenvalue weighted by Crippen LogP contribution is 2.43. The molecule has 2 atom stereocenters. The van der Waals surface area contributed by atoms with Gasteiger partial charge < -0.3 is 18.8 Å². The van der Waals surface area contributed by atoms with E-state index in [4.69, 9.17) is 35.6 Å². The molecule has 2 aliphatic rings. The lowest BCUT2D eigenvalue weighted by atomic mass is 9.89. The molecule has 0 bridgehead atoms. The lowest BCUT2D eigenvalue weighted by Gasteiger charge is -2.35. The van der Waals surface area contributed by atoms with Crippen LogP contribution < -0.4 is 0 Å². The number of fused-ring (bicyclic) bond motifs is 2. The van der Waals surface area contributed by atoms with Gasteiger partial charge in [-0.15, -0.1) is 0 Å². The van der Waals surface area contributed by atoms with Crippen molar-refractivity contribution in [3.05, 3.63) is 70.4 Å². The number of ether oxygens (including phenoxy) is 2. The van der Waals surface area contributed by atoms with Crippen molar-refractivity contribution in [3.8, 4) is 22.6 Å². The number of rotatable bonds is 8. The second-order valence-electron chi connectivity index (χ2n) is 15.2. The molecule has 52 heavy (non-hydrogen) atoms. The first-order valence-corrected chi connectivity index (χ1v) is 18.7. The second kappa shape index (κ2) is 14.3. The van der Waals surface area contributed by atoms with Gasteiger partial charge in [-0.05, 0) is 121 Å². The normalized spacial score (nSPS) is 18.1. The first kappa shape index (κ1) is 36.1. The number of halogens is 1. The predicted octanol–water partition coefficient (Wildman–Crippen LogP) is 8.96. The number of carbonyl (C=O) groups excluding carboxylic acids is 2. The molecule has 2 fully saturated rings. The van der Waals surface area contributed by atoms with Crippen molar-refractivity contribution >= 4 is 45.5 Å². The number of hydrogen-bond acceptors (Lipinski definition) is 8. The van der Waals surface area contributed by atoms with E-state index in [-0.39, 0.29) is 11.9 Å². The highest BCUT2D eigenvalue weighted by molar-refractivity contribution is 6.30. The number of oxazole rings is 1. The van der Waals surface area contributed by atoms with Gasteiger partial charge >= 0.3 is 6.09 Å². The van der Waals surface area contributed by atoms with Crippen LogP contribution in [0.15, 0.2) is 52.9 Å². The summed E-state index contributed by atoms with van der Waals surface area (Å²) in [6, 6.07) is 16.3. The molecular formula is C41H48ClN5O5. The summed E-state index contributed by atoms with van der Waals surface area (Å²) in [5, 5.41) is 6.88. The van der Waals surface area contributed by atoms with Gasteiger partial charge in [0.05, 0.1) is 23.9 Å². The molecule has 5 aromatic rings. The third kappa shape index (κ3) is 6.96. The van der Waals surface area contributed by atoms with Gasteiger partial charge in [-0.2, -0.15) is 5.10 Å². The Morgan fingerprint density at radius 1 is 1.02 bits per heavy atom. The topological polar surface area (TPSA) is 103 Å². The van der Waals surface area contributed by atoms with E-state index in [0.717, 1.165) is 96.4 Å². The van der Waals surface area contributed by atoms with Crippen molar-refractivity contribution in [2.75, 3.05) is 33.3 Å². The highest BCUT2D eigenvalue weighted by Gasteiger charge is 2.35. The average Bonchev–Trinajstić information content (AvgIpc) is 3.87. The number of methoxy groups -OCH3 is 1. The molecule has 1 unspecified atom stereocenters. The monoisotopic (exact) mass is 725 g/mol. The van der Waals surface area contributed by atoms with Crippen LogP contribution in [0.5, 0.6) is 0 Å². The summed E-state index contributed by atoms with van der Waals surface area (Å²) >= 11 is 6.32. The summed E-state index contributed by atoms with van der Waals surface area (Å²) < 4.78 is 20.2. The molecule has 1 amide bonds. The van der Waals surface area contributed by atoms with Crippen LogP contribution in [0.2, 0.25) is 5.02 Å². The van der Waals surface area contributed by atoms with Gasteiger partial charge in [-0.1, -0.05) is 23.7 Å². The summed E-state index contributed by atoms with van der Waals surface area (Å²) in [4.78, 5) is 34.6. The maximum Gasteiger partial charge on any atom is 0.409 e. The van der Waals surface area contributed by atoms with Gasteiger partial charge in [0.2, 0.25) is 5.89 Å². The summed E-state index contributed by atoms with van der Waals surface area (Å²) in [5.41, 5.74) is 7.11. The fourth-order valence-corrected chi connectivity index (χ4v) is 8.15. The Bertz CT molecular complexity index is 2120. The number of piperidine rings is 1. The zero-order chi connectivity index (χ0) is 36.9. The van der Waals surface area contributed by atoms with E-state index < -0.39 is 11.7 Å². The molecule has 274 valence electrons. The molecule has 2 aromatic heterocycles. The van der Waals surface area contributed by atoms with Crippen LogP contribution in [0, 0.1) is 6.92 Å². The number of aromatic nitrogens is 3. The van der Waals surface area contributed by atoms with E-state index >= 15 is 0 Å². The molecule has 11 heteroatoms. The number of likely N-dealkylation sites (tertiary alicyclic amines) is 2. The number of Topliss-reactive ketones (excluding diaryl/α,β-unsaturated/α-hetero) is 1. The Labute approximate surface area is 310 Å². The lowest BCUT2D eigenvalue weighted by Crippen LogP contribution is -2.43. The van der Waals surface area contributed by atoms with E-state index in [2.05, 4.69) is 34.7 Å². The van der Waals surface area contributed by atoms with Crippen LogP contribution in [0.4, 0.5) is 4.79 Å². The van der Waals surface area contributed by atoms with Gasteiger partial charge in [0.1, 0.15) is 11.6 Å². The number of benzene rings is 3. The number of carbonyl (C=O) groups is 2. The number of aryl methyl sites for hydroxylation is 2. The lowest BCUT2D eigenvalue weighted by molar-refractivity contribution is -0.138. The third-order valence-electron chi connectivity index (χ3n) is 10.5. The van der Waals surface area contributed by atoms with Crippen LogP contribution in [0.3, 0.4) is 0 Å². The molecule has 7 rings (SSSR count). The van der Waals surface area contributed by atoms with Gasteiger partial charge in [0, 0.05) is 58.7 Å². The maximum absolute atomic E-state index is 13.2. The largest absolute Gasteiger partial charge is 0.453 e. The van der Waals surface area contributed by atoms with Gasteiger partial charge in [-0.3, -0.25) is 14.4 Å². The van der Waals surface area contributed by atoms with E-state index in [9.17, 15) is 9.59 Å². The molecule has 2 aliphatic heterocycles. The Balaban J connectivity index is 1.26. The Kier molecular flexibility index (Phi) is 9.93. The van der Waals surface area contributed by atoms with Crippen molar-refractivity contribution in [1.82, 2.24) is 24.6 Å². The fraction of sp³-hybridized carbons (Fsp3) is 0.463. The summed E-state index contributed by atoms with van der Waals surface area (Å²) in [6.45, 7) is 15.7. The molecular weight excluding hydrogens is 678 g/mol. The van der Waals surface area contributed by atoms with Crippen LogP contribution in [0.25, 0.3) is 44.6 Å². The minimum absolute atomic E-state index is 0.0875. The van der Waals surface area contributed by atoms with E-state index in [1.165, 1.54) is 7.11 Å². The van der Waals surface area contributed by atoms with E-state index in [1.54, 1.807) is 6.92 Å². The van der Waals surface area contributed by atoms with Crippen LogP contribution in [0.1, 0.15) is 82.7 Å². The minimum atomic E-state index is -0.797. The Morgan fingerprint density at radius 2 is 1.73 bits per heavy atom. The molecule has 3 aromatic carbocycles. The second-order valence-corrected chi connectivity index (χ2v) is 15.6. The Hall–Kier alpha value is -4.25. The zero-order valence-corrected chi connectivity index (χ0v) is 31.9. The van der Waals surface area contributed by atoms with E-state index in [1.807, 2.05) is 62.9 Å². The average molecular weight is 726 g/mol. The van der Waals surface area contributed by atoms with Gasteiger partial charge in [0.15, 0.2) is 11.4 Å². The van der Waals surface area contributed by atoms with Crippen molar-refractivity contribution in [3.63, 3.8) is 0 Å². The SMILES string of the molecule is CCn1nc(C2CCN([C@@H]3CCN(C(=O)OC)C3)CC2)c2cc(-c3nc4cc(C)c(C(OC(C)(C)C)C(C)=O)c(-c5ccc(Cl)cc5)c4o3)ccc21. The number of hydrogen-bond donors (Lipinski definition) is 0. The number of amides is 1. The van der Waals surface area contributed by atoms with Crippen molar-refractivity contribution in [1.29, 1.82) is 0 Å². The molecule has 0 aliphatic carbocycles. The number of nitrogens with zero attached hydrogens (tertiary/aromatic N) is 5. The molecule has 0 spiro atoms. The molecule has 0 N–H and O–H groups in total. The van der Waals surface area contributed by atoms with Gasteiger partial charge in [0.25, 0.3) is 0 Å². The smallest absolute Gasteiger partial charge is 0.409 e. The van der Waals surface area contributed by atoms with E-state index in [0.29, 0.717) is 34.0 Å².